The molecule has 1 saturated carbocycles. The van der Waals surface area contributed by atoms with Crippen LogP contribution < -0.4 is 10.2 Å². The monoisotopic (exact) mass is 285 g/mol. The Morgan fingerprint density at radius 3 is 2.86 bits per heavy atom. The van der Waals surface area contributed by atoms with Gasteiger partial charge in [0.05, 0.1) is 12.8 Å². The third-order valence-corrected chi connectivity index (χ3v) is 3.93. The number of nitrogens with one attached hydrogen (secondary N) is 1. The second-order valence-corrected chi connectivity index (χ2v) is 5.97. The molecule has 4 heteroatoms. The van der Waals surface area contributed by atoms with E-state index in [1.807, 2.05) is 12.1 Å². The van der Waals surface area contributed by atoms with E-state index in [0.717, 1.165) is 30.4 Å². The van der Waals surface area contributed by atoms with Gasteiger partial charge in [-0.15, -0.1) is 0 Å². The molecule has 21 heavy (non-hydrogen) atoms. The lowest BCUT2D eigenvalue weighted by molar-refractivity contribution is 0.506. The van der Waals surface area contributed by atoms with Crippen LogP contribution in [0.15, 0.2) is 28.9 Å². The molecule has 1 aliphatic rings. The molecular weight excluding hydrogens is 262 g/mol. The molecule has 0 amide bonds. The predicted octanol–water partition coefficient (Wildman–Crippen LogP) is 3.18. The van der Waals surface area contributed by atoms with Gasteiger partial charge in [-0.2, -0.15) is 0 Å². The summed E-state index contributed by atoms with van der Waals surface area (Å²) in [7, 11) is 2.07. The summed E-state index contributed by atoms with van der Waals surface area (Å²) in [6.45, 7) is 5.85. The maximum absolute atomic E-state index is 5.45. The lowest BCUT2D eigenvalue weighted by atomic mass is 10.1. The zero-order valence-corrected chi connectivity index (χ0v) is 13.0. The van der Waals surface area contributed by atoms with E-state index in [1.54, 1.807) is 6.26 Å². The number of pyridine rings is 1. The van der Waals surface area contributed by atoms with Crippen LogP contribution in [0.2, 0.25) is 0 Å². The zero-order valence-electron chi connectivity index (χ0n) is 13.0. The maximum Gasteiger partial charge on any atom is 0.133 e. The Morgan fingerprint density at radius 2 is 2.19 bits per heavy atom. The van der Waals surface area contributed by atoms with Gasteiger partial charge in [-0.25, -0.2) is 4.98 Å². The van der Waals surface area contributed by atoms with E-state index in [2.05, 4.69) is 37.2 Å². The van der Waals surface area contributed by atoms with Crippen LogP contribution >= 0.6 is 0 Å². The van der Waals surface area contributed by atoms with Crippen molar-refractivity contribution in [3.05, 3.63) is 47.0 Å². The van der Waals surface area contributed by atoms with E-state index < -0.39 is 0 Å². The van der Waals surface area contributed by atoms with Gasteiger partial charge in [-0.05, 0) is 50.5 Å². The summed E-state index contributed by atoms with van der Waals surface area (Å²) in [5.74, 6) is 2.01. The van der Waals surface area contributed by atoms with Crippen molar-refractivity contribution in [3.8, 4) is 0 Å². The zero-order chi connectivity index (χ0) is 14.8. The summed E-state index contributed by atoms with van der Waals surface area (Å²) in [6.07, 6.45) is 4.32. The summed E-state index contributed by atoms with van der Waals surface area (Å²) in [4.78, 5) is 6.93. The standard InChI is InChI=1S/C17H23N3O/c1-12-9-13(2)19-17(16(12)10-18-14-6-7-14)20(3)11-15-5-4-8-21-15/h4-5,8-9,14,18H,6-7,10-11H2,1-3H3. The molecule has 3 rings (SSSR count). The Morgan fingerprint density at radius 1 is 1.38 bits per heavy atom. The van der Waals surface area contributed by atoms with Crippen LogP contribution in [0.3, 0.4) is 0 Å². The van der Waals surface area contributed by atoms with E-state index in [9.17, 15) is 0 Å². The lowest BCUT2D eigenvalue weighted by Gasteiger charge is -2.22. The van der Waals surface area contributed by atoms with E-state index in [0.29, 0.717) is 6.04 Å². The smallest absolute Gasteiger partial charge is 0.133 e. The van der Waals surface area contributed by atoms with Crippen LogP contribution in [0.4, 0.5) is 5.82 Å². The molecule has 0 bridgehead atoms. The van der Waals surface area contributed by atoms with Crippen LogP contribution in [0, 0.1) is 13.8 Å². The minimum atomic E-state index is 0.703. The molecule has 112 valence electrons. The van der Waals surface area contributed by atoms with Crippen molar-refractivity contribution in [3.63, 3.8) is 0 Å². The minimum Gasteiger partial charge on any atom is -0.467 e. The number of rotatable bonds is 6. The molecule has 0 atom stereocenters. The third kappa shape index (κ3) is 3.45. The highest BCUT2D eigenvalue weighted by Gasteiger charge is 2.22. The summed E-state index contributed by atoms with van der Waals surface area (Å²) < 4.78 is 5.45. The van der Waals surface area contributed by atoms with Gasteiger partial charge < -0.3 is 14.6 Å². The molecule has 0 aromatic carbocycles. The topological polar surface area (TPSA) is 41.3 Å². The molecule has 0 aliphatic heterocycles. The second-order valence-electron chi connectivity index (χ2n) is 5.97. The van der Waals surface area contributed by atoms with Crippen LogP contribution in [0.25, 0.3) is 0 Å². The quantitative estimate of drug-likeness (QED) is 0.885. The van der Waals surface area contributed by atoms with Gasteiger partial charge >= 0.3 is 0 Å². The normalized spacial score (nSPS) is 14.4. The van der Waals surface area contributed by atoms with Gasteiger partial charge in [0.2, 0.25) is 0 Å². The molecule has 0 radical (unpaired) electrons. The second kappa shape index (κ2) is 5.90. The first-order valence-corrected chi connectivity index (χ1v) is 7.57. The minimum absolute atomic E-state index is 0.703. The highest BCUT2D eigenvalue weighted by molar-refractivity contribution is 5.51. The number of hydrogen-bond acceptors (Lipinski definition) is 4. The van der Waals surface area contributed by atoms with Gasteiger partial charge in [-0.1, -0.05) is 0 Å². The number of anilines is 1. The van der Waals surface area contributed by atoms with Gasteiger partial charge in [0, 0.05) is 30.9 Å². The molecule has 1 fully saturated rings. The van der Waals surface area contributed by atoms with Gasteiger partial charge in [0.1, 0.15) is 11.6 Å². The molecular formula is C17H23N3O. The number of aryl methyl sites for hydroxylation is 2. The Bertz CT molecular complexity index is 603. The highest BCUT2D eigenvalue weighted by Crippen LogP contribution is 2.25. The molecule has 0 saturated heterocycles. The fourth-order valence-corrected chi connectivity index (χ4v) is 2.62. The van der Waals surface area contributed by atoms with Crippen LogP contribution in [0.5, 0.6) is 0 Å². The van der Waals surface area contributed by atoms with Crippen molar-refractivity contribution in [2.45, 2.75) is 45.8 Å². The van der Waals surface area contributed by atoms with Gasteiger partial charge in [-0.3, -0.25) is 0 Å². The number of furan rings is 1. The van der Waals surface area contributed by atoms with Crippen molar-refractivity contribution in [1.82, 2.24) is 10.3 Å². The SMILES string of the molecule is Cc1cc(C)c(CNC2CC2)c(N(C)Cc2ccco2)n1. The molecule has 2 aromatic heterocycles. The number of aromatic nitrogens is 1. The summed E-state index contributed by atoms with van der Waals surface area (Å²) in [6, 6.07) is 6.79. The lowest BCUT2D eigenvalue weighted by Crippen LogP contribution is -2.23. The average molecular weight is 285 g/mol. The van der Waals surface area contributed by atoms with E-state index >= 15 is 0 Å². The summed E-state index contributed by atoms with van der Waals surface area (Å²) in [5.41, 5.74) is 3.66. The van der Waals surface area contributed by atoms with Crippen LogP contribution in [-0.4, -0.2) is 18.1 Å². The Balaban J connectivity index is 1.83. The van der Waals surface area contributed by atoms with Gasteiger partial charge in [0.15, 0.2) is 0 Å². The van der Waals surface area contributed by atoms with Crippen molar-refractivity contribution in [2.75, 3.05) is 11.9 Å². The summed E-state index contributed by atoms with van der Waals surface area (Å²) >= 11 is 0. The molecule has 0 unspecified atom stereocenters. The van der Waals surface area contributed by atoms with Crippen molar-refractivity contribution in [1.29, 1.82) is 0 Å². The highest BCUT2D eigenvalue weighted by atomic mass is 16.3. The van der Waals surface area contributed by atoms with Crippen molar-refractivity contribution in [2.24, 2.45) is 0 Å². The van der Waals surface area contributed by atoms with Crippen molar-refractivity contribution >= 4 is 5.82 Å². The fraction of sp³-hybridized carbons (Fsp3) is 0.471. The van der Waals surface area contributed by atoms with Crippen LogP contribution in [0.1, 0.15) is 35.4 Å². The fourth-order valence-electron chi connectivity index (χ4n) is 2.62. The molecule has 4 nitrogen and oxygen atoms in total. The largest absolute Gasteiger partial charge is 0.467 e. The molecule has 2 aromatic rings. The van der Waals surface area contributed by atoms with Gasteiger partial charge in [0.25, 0.3) is 0 Å². The summed E-state index contributed by atoms with van der Waals surface area (Å²) in [5, 5.41) is 3.60. The molecule has 1 N–H and O–H groups in total. The Hall–Kier alpha value is -1.81. The maximum atomic E-state index is 5.45. The van der Waals surface area contributed by atoms with Crippen molar-refractivity contribution < 1.29 is 4.42 Å². The van der Waals surface area contributed by atoms with Crippen LogP contribution in [-0.2, 0) is 13.1 Å². The third-order valence-electron chi connectivity index (χ3n) is 3.93. The average Bonchev–Trinajstić information content (AvgIpc) is 3.13. The first kappa shape index (κ1) is 14.1. The first-order chi connectivity index (χ1) is 10.1. The predicted molar refractivity (Wildman–Crippen MR) is 84.4 cm³/mol. The number of nitrogens with zero attached hydrogens (tertiary/aromatic N) is 2. The van der Waals surface area contributed by atoms with E-state index in [1.165, 1.54) is 24.0 Å². The Kier molecular flexibility index (Phi) is 3.97. The van der Waals surface area contributed by atoms with E-state index in [-0.39, 0.29) is 0 Å². The molecule has 1 aliphatic carbocycles. The number of hydrogen-bond donors (Lipinski definition) is 1. The molecule has 2 heterocycles. The first-order valence-electron chi connectivity index (χ1n) is 7.57. The molecule has 0 spiro atoms. The van der Waals surface area contributed by atoms with E-state index in [4.69, 9.17) is 9.40 Å². The Labute approximate surface area is 126 Å².